The average Bonchev–Trinajstić information content (AvgIpc) is 2.80. The van der Waals surface area contributed by atoms with E-state index in [1.165, 1.54) is 18.0 Å². The van der Waals surface area contributed by atoms with E-state index < -0.39 is 15.4 Å². The minimum atomic E-state index is -3.35. The Bertz CT molecular complexity index is 1110. The maximum atomic E-state index is 13.2. The first-order valence-corrected chi connectivity index (χ1v) is 14.0. The molecule has 2 aliphatic rings. The summed E-state index contributed by atoms with van der Waals surface area (Å²) < 4.78 is 29.5. The van der Waals surface area contributed by atoms with Gasteiger partial charge in [-0.05, 0) is 39.2 Å². The highest BCUT2D eigenvalue weighted by Crippen LogP contribution is 2.29. The summed E-state index contributed by atoms with van der Waals surface area (Å²) in [6, 6.07) is 10.2. The molecule has 2 saturated heterocycles. The maximum absolute atomic E-state index is 13.2. The Hall–Kier alpha value is -2.72. The molecule has 1 aromatic carbocycles. The van der Waals surface area contributed by atoms with Crippen LogP contribution in [0, 0.1) is 0 Å². The number of piperidine rings is 1. The van der Waals surface area contributed by atoms with Crippen LogP contribution in [0.15, 0.2) is 47.6 Å². The largest absolute Gasteiger partial charge is 0.443 e. The summed E-state index contributed by atoms with van der Waals surface area (Å²) in [7, 11) is -3.35. The summed E-state index contributed by atoms with van der Waals surface area (Å²) >= 11 is 0. The topological polar surface area (TPSA) is 95.9 Å². The van der Waals surface area contributed by atoms with Crippen LogP contribution in [0.2, 0.25) is 0 Å². The van der Waals surface area contributed by atoms with E-state index in [-0.39, 0.29) is 23.1 Å². The molecule has 0 unspecified atom stereocenters. The zero-order valence-corrected chi connectivity index (χ0v) is 21.7. The molecule has 190 valence electrons. The number of amides is 1. The van der Waals surface area contributed by atoms with E-state index in [1.54, 1.807) is 0 Å². The van der Waals surface area contributed by atoms with Crippen molar-refractivity contribution in [2.75, 3.05) is 37.3 Å². The molecule has 0 N–H and O–H groups in total. The number of sulfone groups is 1. The molecule has 1 amide bonds. The highest BCUT2D eigenvalue weighted by Gasteiger charge is 2.40. The second kappa shape index (κ2) is 10.1. The van der Waals surface area contributed by atoms with Crippen molar-refractivity contribution in [2.24, 2.45) is 0 Å². The number of piperazine rings is 1. The van der Waals surface area contributed by atoms with Gasteiger partial charge in [-0.3, -0.25) is 9.80 Å². The number of carbonyl (C=O) groups excluding carboxylic acids is 1. The Morgan fingerprint density at radius 1 is 1.06 bits per heavy atom. The first kappa shape index (κ1) is 25.4. The van der Waals surface area contributed by atoms with Crippen molar-refractivity contribution in [2.45, 2.75) is 62.7 Å². The number of anilines is 1. The number of hydrogen-bond acceptors (Lipinski definition) is 8. The lowest BCUT2D eigenvalue weighted by molar-refractivity contribution is -0.0479. The number of nitrogens with zero attached hydrogens (tertiary/aromatic N) is 5. The van der Waals surface area contributed by atoms with Gasteiger partial charge in [-0.25, -0.2) is 23.2 Å². The molecule has 0 radical (unpaired) electrons. The van der Waals surface area contributed by atoms with Gasteiger partial charge < -0.3 is 9.64 Å². The summed E-state index contributed by atoms with van der Waals surface area (Å²) in [5.41, 5.74) is 0.814. The number of rotatable bonds is 5. The van der Waals surface area contributed by atoms with Crippen molar-refractivity contribution in [1.29, 1.82) is 0 Å². The predicted molar refractivity (Wildman–Crippen MR) is 134 cm³/mol. The van der Waals surface area contributed by atoms with Gasteiger partial charge in [0.1, 0.15) is 10.5 Å². The van der Waals surface area contributed by atoms with Gasteiger partial charge >= 0.3 is 6.09 Å². The first-order chi connectivity index (χ1) is 16.5. The highest BCUT2D eigenvalue weighted by molar-refractivity contribution is 7.90. The van der Waals surface area contributed by atoms with Crippen molar-refractivity contribution < 1.29 is 17.9 Å². The summed E-state index contributed by atoms with van der Waals surface area (Å²) in [5, 5.41) is 0. The van der Waals surface area contributed by atoms with E-state index in [0.717, 1.165) is 38.7 Å². The van der Waals surface area contributed by atoms with Crippen LogP contribution in [-0.2, 0) is 21.1 Å². The number of ether oxygens (including phenoxy) is 1. The SMILES string of the molecule is C[C@@H]1CN(c2ncc(S(C)(=O)=O)cn2)C[C@H](C)N1C(=O)OC1(C)CCN(Cc2ccccc2)CC1. The molecule has 2 aromatic rings. The maximum Gasteiger partial charge on any atom is 0.410 e. The lowest BCUT2D eigenvalue weighted by atomic mass is 9.93. The fraction of sp³-hybridized carbons (Fsp3) is 0.560. The first-order valence-electron chi connectivity index (χ1n) is 12.1. The van der Waals surface area contributed by atoms with Crippen molar-refractivity contribution in [3.05, 3.63) is 48.3 Å². The van der Waals surface area contributed by atoms with Crippen LogP contribution in [0.4, 0.5) is 10.7 Å². The second-order valence-corrected chi connectivity index (χ2v) is 12.1. The number of aromatic nitrogens is 2. The zero-order chi connectivity index (χ0) is 25.2. The van der Waals surface area contributed by atoms with E-state index in [2.05, 4.69) is 39.1 Å². The van der Waals surface area contributed by atoms with Crippen molar-refractivity contribution in [3.63, 3.8) is 0 Å². The van der Waals surface area contributed by atoms with Gasteiger partial charge in [0.25, 0.3) is 0 Å². The third-order valence-electron chi connectivity index (χ3n) is 6.95. The van der Waals surface area contributed by atoms with Gasteiger partial charge in [0.2, 0.25) is 5.95 Å². The van der Waals surface area contributed by atoms with Crippen LogP contribution in [0.25, 0.3) is 0 Å². The van der Waals surface area contributed by atoms with Crippen LogP contribution in [-0.4, -0.2) is 84.4 Å². The van der Waals surface area contributed by atoms with E-state index in [4.69, 9.17) is 4.74 Å². The van der Waals surface area contributed by atoms with E-state index in [1.807, 2.05) is 36.6 Å². The molecule has 35 heavy (non-hydrogen) atoms. The monoisotopic (exact) mass is 501 g/mol. The van der Waals surface area contributed by atoms with E-state index >= 15 is 0 Å². The molecule has 9 nitrogen and oxygen atoms in total. The molecule has 1 aromatic heterocycles. The molecule has 0 spiro atoms. The van der Waals surface area contributed by atoms with Crippen molar-refractivity contribution in [1.82, 2.24) is 19.8 Å². The summed E-state index contributed by atoms with van der Waals surface area (Å²) in [6.45, 7) is 9.77. The molecule has 0 bridgehead atoms. The third-order valence-corrected chi connectivity index (χ3v) is 8.02. The molecular formula is C25H35N5O4S. The predicted octanol–water partition coefficient (Wildman–Crippen LogP) is 2.97. The number of carbonyl (C=O) groups is 1. The molecule has 10 heteroatoms. The minimum absolute atomic E-state index is 0.0904. The van der Waals surface area contributed by atoms with E-state index in [9.17, 15) is 13.2 Å². The molecule has 2 aliphatic heterocycles. The number of likely N-dealkylation sites (tertiary alicyclic amines) is 1. The summed E-state index contributed by atoms with van der Waals surface area (Å²) in [6.07, 6.45) is 5.12. The lowest BCUT2D eigenvalue weighted by Crippen LogP contribution is -2.60. The molecule has 2 atom stereocenters. The van der Waals surface area contributed by atoms with Crippen LogP contribution >= 0.6 is 0 Å². The Balaban J connectivity index is 1.33. The van der Waals surface area contributed by atoms with Gasteiger partial charge in [0.05, 0.1) is 24.5 Å². The Kier molecular flexibility index (Phi) is 7.32. The molecule has 2 fully saturated rings. The smallest absolute Gasteiger partial charge is 0.410 e. The molecule has 0 aliphatic carbocycles. The molecular weight excluding hydrogens is 466 g/mol. The third kappa shape index (κ3) is 6.10. The summed E-state index contributed by atoms with van der Waals surface area (Å²) in [5.74, 6) is 0.460. The Labute approximate surface area is 208 Å². The van der Waals surface area contributed by atoms with Gasteiger partial charge in [0, 0.05) is 39.0 Å². The fourth-order valence-corrected chi connectivity index (χ4v) is 5.39. The van der Waals surface area contributed by atoms with Gasteiger partial charge in [0.15, 0.2) is 9.84 Å². The lowest BCUT2D eigenvalue weighted by Gasteiger charge is -2.46. The van der Waals surface area contributed by atoms with Gasteiger partial charge in [-0.15, -0.1) is 0 Å². The minimum Gasteiger partial charge on any atom is -0.443 e. The van der Waals surface area contributed by atoms with Gasteiger partial charge in [-0.2, -0.15) is 0 Å². The van der Waals surface area contributed by atoms with Crippen LogP contribution in [0.5, 0.6) is 0 Å². The van der Waals surface area contributed by atoms with Crippen LogP contribution in [0.1, 0.15) is 39.2 Å². The summed E-state index contributed by atoms with van der Waals surface area (Å²) in [4.78, 5) is 28.0. The molecule has 3 heterocycles. The quantitative estimate of drug-likeness (QED) is 0.617. The van der Waals surface area contributed by atoms with Gasteiger partial charge in [-0.1, -0.05) is 30.3 Å². The number of benzene rings is 1. The Morgan fingerprint density at radius 2 is 1.63 bits per heavy atom. The standard InChI is InChI=1S/C25H35N5O4S/c1-19-16-29(23-26-14-22(15-27-23)35(4,32)33)17-20(2)30(19)24(31)34-25(3)10-12-28(13-11-25)18-21-8-6-5-7-9-21/h5-9,14-15,19-20H,10-13,16-18H2,1-4H3/t19-,20+. The Morgan fingerprint density at radius 3 is 2.17 bits per heavy atom. The second-order valence-electron chi connectivity index (χ2n) is 10.1. The molecule has 4 rings (SSSR count). The number of hydrogen-bond donors (Lipinski definition) is 0. The van der Waals surface area contributed by atoms with Crippen molar-refractivity contribution in [3.8, 4) is 0 Å². The zero-order valence-electron chi connectivity index (χ0n) is 20.9. The highest BCUT2D eigenvalue weighted by atomic mass is 32.2. The molecule has 0 saturated carbocycles. The van der Waals surface area contributed by atoms with Crippen molar-refractivity contribution >= 4 is 21.9 Å². The van der Waals surface area contributed by atoms with Crippen LogP contribution < -0.4 is 4.90 Å². The van der Waals surface area contributed by atoms with E-state index in [0.29, 0.717) is 19.0 Å². The van der Waals surface area contributed by atoms with Crippen LogP contribution in [0.3, 0.4) is 0 Å². The average molecular weight is 502 g/mol. The fourth-order valence-electron chi connectivity index (χ4n) is 4.90. The normalized spacial score (nSPS) is 23.2.